The molecule has 0 spiro atoms. The number of amides is 1. The van der Waals surface area contributed by atoms with Crippen LogP contribution in [0.15, 0.2) is 35.9 Å². The number of Topliss-reactive ketones (excluding diaryl/α,β-unsaturated/α-hetero) is 2. The van der Waals surface area contributed by atoms with E-state index in [1.54, 1.807) is 20.2 Å². The highest BCUT2D eigenvalue weighted by Crippen LogP contribution is 2.53. The van der Waals surface area contributed by atoms with Crippen molar-refractivity contribution in [3.63, 3.8) is 0 Å². The molecule has 2 aromatic carbocycles. The first kappa shape index (κ1) is 26.7. The van der Waals surface area contributed by atoms with Crippen molar-refractivity contribution in [2.75, 3.05) is 14.1 Å². The Bertz CT molecular complexity index is 1480. The van der Waals surface area contributed by atoms with Crippen LogP contribution in [0.3, 0.4) is 0 Å². The normalized spacial score (nSPS) is 30.1. The largest absolute Gasteiger partial charge is 0.507 e. The third kappa shape index (κ3) is 3.64. The molecule has 0 radical (unpaired) electrons. The third-order valence-corrected chi connectivity index (χ3v) is 8.41. The highest BCUT2D eigenvalue weighted by molar-refractivity contribution is 6.25. The number of likely N-dealkylation sites (N-methyl/N-ethyl adjacent to an activating group) is 1. The first-order valence-corrected chi connectivity index (χ1v) is 12.3. The van der Waals surface area contributed by atoms with Crippen LogP contribution in [0.4, 0.5) is 4.39 Å². The van der Waals surface area contributed by atoms with E-state index in [2.05, 4.69) is 0 Å². The average molecular weight is 539 g/mol. The molecule has 2 unspecified atom stereocenters. The summed E-state index contributed by atoms with van der Waals surface area (Å²) in [6.45, 7) is 0. The maximum Gasteiger partial charge on any atom is 0.230 e. The van der Waals surface area contributed by atoms with Crippen molar-refractivity contribution in [2.24, 2.45) is 23.5 Å². The van der Waals surface area contributed by atoms with Gasteiger partial charge in [0.2, 0.25) is 11.7 Å². The van der Waals surface area contributed by atoms with Crippen LogP contribution in [0.1, 0.15) is 27.9 Å². The molecule has 39 heavy (non-hydrogen) atoms. The van der Waals surface area contributed by atoms with Crippen molar-refractivity contribution >= 4 is 29.5 Å². The molecule has 0 aromatic heterocycles. The van der Waals surface area contributed by atoms with Crippen LogP contribution in [-0.4, -0.2) is 80.9 Å². The van der Waals surface area contributed by atoms with Crippen molar-refractivity contribution in [2.45, 2.75) is 30.6 Å². The average Bonchev–Trinajstić information content (AvgIpc) is 2.86. The number of halogens is 1. The smallest absolute Gasteiger partial charge is 0.230 e. The van der Waals surface area contributed by atoms with Gasteiger partial charge in [0.05, 0.1) is 17.2 Å². The van der Waals surface area contributed by atoms with Gasteiger partial charge in [-0.05, 0) is 67.7 Å². The van der Waals surface area contributed by atoms with Gasteiger partial charge in [0.1, 0.15) is 23.2 Å². The fraction of sp³-hybridized carbons (Fsp3) is 0.357. The second kappa shape index (κ2) is 9.08. The Morgan fingerprint density at radius 1 is 1.18 bits per heavy atom. The highest BCUT2D eigenvalue weighted by Gasteiger charge is 2.67. The molecule has 0 saturated heterocycles. The van der Waals surface area contributed by atoms with E-state index in [1.807, 2.05) is 0 Å². The fourth-order valence-electron chi connectivity index (χ4n) is 6.68. The van der Waals surface area contributed by atoms with E-state index >= 15 is 0 Å². The van der Waals surface area contributed by atoms with Gasteiger partial charge in [-0.25, -0.2) is 4.39 Å². The van der Waals surface area contributed by atoms with E-state index in [1.165, 1.54) is 23.1 Å². The molecule has 3 aliphatic carbocycles. The predicted molar refractivity (Wildman–Crippen MR) is 135 cm³/mol. The van der Waals surface area contributed by atoms with Crippen LogP contribution in [0.2, 0.25) is 0 Å². The van der Waals surface area contributed by atoms with Crippen molar-refractivity contribution in [1.82, 2.24) is 4.90 Å². The SMILES string of the molecule is CN(C)[C@H]1C(O)C(C(N)=O)C(=O)[C@]2(O)C(=O)C3=C(O)c4c(O)ccc(-c5ccc(F)c(C=O)c5)c4C[C@@H]3C[C@H]12. The minimum absolute atomic E-state index is 0.0314. The van der Waals surface area contributed by atoms with Crippen LogP contribution in [-0.2, 0) is 20.8 Å². The van der Waals surface area contributed by atoms with E-state index in [-0.39, 0.29) is 35.3 Å². The monoisotopic (exact) mass is 538 g/mol. The number of hydrogen-bond donors (Lipinski definition) is 5. The van der Waals surface area contributed by atoms with Gasteiger partial charge in [0, 0.05) is 17.5 Å². The zero-order valence-electron chi connectivity index (χ0n) is 21.1. The number of primary amides is 1. The van der Waals surface area contributed by atoms with Crippen molar-refractivity contribution in [1.29, 1.82) is 0 Å². The van der Waals surface area contributed by atoms with Gasteiger partial charge in [-0.2, -0.15) is 0 Å². The first-order valence-electron chi connectivity index (χ1n) is 12.3. The van der Waals surface area contributed by atoms with Crippen LogP contribution in [0.25, 0.3) is 16.9 Å². The molecule has 204 valence electrons. The zero-order chi connectivity index (χ0) is 28.5. The Hall–Kier alpha value is -3.93. The second-order valence-corrected chi connectivity index (χ2v) is 10.6. The number of benzene rings is 2. The third-order valence-electron chi connectivity index (χ3n) is 8.41. The molecule has 0 heterocycles. The van der Waals surface area contributed by atoms with E-state index < -0.39 is 64.6 Å². The van der Waals surface area contributed by atoms with Crippen LogP contribution >= 0.6 is 0 Å². The summed E-state index contributed by atoms with van der Waals surface area (Å²) in [5, 5.41) is 44.6. The van der Waals surface area contributed by atoms with Gasteiger partial charge >= 0.3 is 0 Å². The summed E-state index contributed by atoms with van der Waals surface area (Å²) in [6.07, 6.45) is -1.17. The zero-order valence-corrected chi connectivity index (χ0v) is 21.1. The number of aliphatic hydroxyl groups is 3. The summed E-state index contributed by atoms with van der Waals surface area (Å²) in [4.78, 5) is 52.2. The topological polar surface area (TPSA) is 178 Å². The molecule has 6 atom stereocenters. The van der Waals surface area contributed by atoms with Gasteiger partial charge in [0.15, 0.2) is 17.7 Å². The van der Waals surface area contributed by atoms with E-state index in [0.717, 1.165) is 6.07 Å². The molecule has 1 amide bonds. The molecule has 0 bridgehead atoms. The lowest BCUT2D eigenvalue weighted by Crippen LogP contribution is -2.73. The number of aldehydes is 1. The van der Waals surface area contributed by atoms with E-state index in [0.29, 0.717) is 23.0 Å². The standard InChI is InChI=1S/C28H27FN2O8/c1-31(2)22-16-9-12-8-15-14(11-3-5-17(29)13(7-11)10-32)4-6-18(33)20(15)23(34)19(12)25(36)28(16,39)26(37)21(24(22)35)27(30)38/h3-7,10,12,16,21-22,24,33-35,39H,8-9H2,1-2H3,(H2,30,38)/t12-,16-,21?,22-,24?,28-/m1/s1. The number of nitrogens with zero attached hydrogens (tertiary/aromatic N) is 1. The lowest BCUT2D eigenvalue weighted by molar-refractivity contribution is -0.184. The maximum absolute atomic E-state index is 14.0. The second-order valence-electron chi connectivity index (χ2n) is 10.6. The van der Waals surface area contributed by atoms with Crippen molar-refractivity contribution in [3.05, 3.63) is 58.4 Å². The predicted octanol–water partition coefficient (Wildman–Crippen LogP) is 0.748. The number of fused-ring (bicyclic) bond motifs is 3. The minimum Gasteiger partial charge on any atom is -0.507 e. The van der Waals surface area contributed by atoms with Gasteiger partial charge in [-0.15, -0.1) is 0 Å². The van der Waals surface area contributed by atoms with Crippen LogP contribution in [0, 0.1) is 23.6 Å². The number of aliphatic hydroxyl groups excluding tert-OH is 2. The van der Waals surface area contributed by atoms with Crippen LogP contribution in [0.5, 0.6) is 5.75 Å². The number of hydrogen-bond acceptors (Lipinski definition) is 9. The number of nitrogens with two attached hydrogens (primary N) is 1. The maximum atomic E-state index is 14.0. The number of ketones is 2. The summed E-state index contributed by atoms with van der Waals surface area (Å²) in [6, 6.07) is 5.71. The number of carbonyl (C=O) groups is 4. The summed E-state index contributed by atoms with van der Waals surface area (Å²) in [7, 11) is 3.14. The van der Waals surface area contributed by atoms with Crippen molar-refractivity contribution < 1.29 is 44.0 Å². The summed E-state index contributed by atoms with van der Waals surface area (Å²) in [5.41, 5.74) is 3.42. The lowest BCUT2D eigenvalue weighted by atomic mass is 9.54. The highest BCUT2D eigenvalue weighted by atomic mass is 19.1. The summed E-state index contributed by atoms with van der Waals surface area (Å²) >= 11 is 0. The Morgan fingerprint density at radius 3 is 2.49 bits per heavy atom. The Morgan fingerprint density at radius 2 is 1.87 bits per heavy atom. The number of rotatable bonds is 4. The number of phenols is 1. The quantitative estimate of drug-likeness (QED) is 0.277. The van der Waals surface area contributed by atoms with Gasteiger partial charge in [-0.3, -0.25) is 19.2 Å². The molecule has 11 heteroatoms. The molecule has 0 aliphatic heterocycles. The Kier molecular flexibility index (Phi) is 6.21. The van der Waals surface area contributed by atoms with Crippen LogP contribution < -0.4 is 5.73 Å². The van der Waals surface area contributed by atoms with Gasteiger partial charge < -0.3 is 31.1 Å². The molecule has 5 rings (SSSR count). The minimum atomic E-state index is -2.74. The lowest BCUT2D eigenvalue weighted by Gasteiger charge is -2.53. The molecular weight excluding hydrogens is 511 g/mol. The molecule has 10 nitrogen and oxygen atoms in total. The molecule has 6 N–H and O–H groups in total. The van der Waals surface area contributed by atoms with E-state index in [9.17, 15) is 44.0 Å². The first-order chi connectivity index (χ1) is 18.3. The number of phenolic OH excluding ortho intramolecular Hbond substituents is 1. The summed E-state index contributed by atoms with van der Waals surface area (Å²) < 4.78 is 14.0. The molecular formula is C28H27FN2O8. The van der Waals surface area contributed by atoms with Gasteiger partial charge in [-0.1, -0.05) is 12.1 Å². The number of carbonyl (C=O) groups excluding carboxylic acids is 4. The Labute approximate surface area is 222 Å². The fourth-order valence-corrected chi connectivity index (χ4v) is 6.68. The molecule has 3 aliphatic rings. The summed E-state index contributed by atoms with van der Waals surface area (Å²) in [5.74, 6) is -8.98. The van der Waals surface area contributed by atoms with Crippen molar-refractivity contribution in [3.8, 4) is 16.9 Å². The Balaban J connectivity index is 1.71. The molecule has 2 aromatic rings. The number of aromatic hydroxyl groups is 1. The molecule has 2 saturated carbocycles. The van der Waals surface area contributed by atoms with Gasteiger partial charge in [0.25, 0.3) is 0 Å². The molecule has 2 fully saturated rings. The van der Waals surface area contributed by atoms with E-state index in [4.69, 9.17) is 5.73 Å².